The molecule has 26 heavy (non-hydrogen) atoms. The molecule has 0 bridgehead atoms. The molecule has 1 aromatic heterocycles. The molecular formula is C19H23FN2O4. The van der Waals surface area contributed by atoms with Crippen molar-refractivity contribution >= 4 is 22.8 Å². The molecule has 0 aliphatic rings. The topological polar surface area (TPSA) is 88.5 Å². The number of pyridine rings is 1. The molecule has 1 unspecified atom stereocenters. The molecule has 0 saturated heterocycles. The van der Waals surface area contributed by atoms with Gasteiger partial charge in [-0.3, -0.25) is 9.78 Å². The molecular weight excluding hydrogens is 339 g/mol. The van der Waals surface area contributed by atoms with Crippen molar-refractivity contribution in [2.45, 2.75) is 45.8 Å². The Bertz CT molecular complexity index is 830. The van der Waals surface area contributed by atoms with Crippen LogP contribution in [0.1, 0.15) is 43.2 Å². The first-order chi connectivity index (χ1) is 12.1. The van der Waals surface area contributed by atoms with Crippen molar-refractivity contribution in [3.8, 4) is 0 Å². The summed E-state index contributed by atoms with van der Waals surface area (Å²) >= 11 is 0. The summed E-state index contributed by atoms with van der Waals surface area (Å²) in [6, 6.07) is 4.60. The average molecular weight is 362 g/mol. The van der Waals surface area contributed by atoms with Gasteiger partial charge in [0.05, 0.1) is 22.4 Å². The molecule has 7 heteroatoms. The number of nitrogens with zero attached hydrogens (tertiary/aromatic N) is 1. The van der Waals surface area contributed by atoms with Crippen LogP contribution in [0.5, 0.6) is 0 Å². The predicted molar refractivity (Wildman–Crippen MR) is 95.7 cm³/mol. The number of fused-ring (bicyclic) bond motifs is 1. The summed E-state index contributed by atoms with van der Waals surface area (Å²) in [7, 11) is 0. The summed E-state index contributed by atoms with van der Waals surface area (Å²) in [4.78, 5) is 28.2. The Morgan fingerprint density at radius 2 is 2.00 bits per heavy atom. The number of carboxylic acid groups (broad SMARTS) is 1. The number of carbonyl (C=O) groups excluding carboxylic acids is 1. The molecule has 0 aliphatic heterocycles. The van der Waals surface area contributed by atoms with Gasteiger partial charge in [-0.25, -0.2) is 9.18 Å². The van der Waals surface area contributed by atoms with Gasteiger partial charge < -0.3 is 15.2 Å². The van der Waals surface area contributed by atoms with Crippen LogP contribution in [0.2, 0.25) is 0 Å². The van der Waals surface area contributed by atoms with E-state index in [0.717, 1.165) is 0 Å². The van der Waals surface area contributed by atoms with Gasteiger partial charge in [0.25, 0.3) is 5.91 Å². The van der Waals surface area contributed by atoms with E-state index in [0.29, 0.717) is 16.6 Å². The molecule has 1 aromatic carbocycles. The molecule has 140 valence electrons. The van der Waals surface area contributed by atoms with E-state index in [9.17, 15) is 19.1 Å². The van der Waals surface area contributed by atoms with Gasteiger partial charge in [0.15, 0.2) is 0 Å². The van der Waals surface area contributed by atoms with Gasteiger partial charge in [0.1, 0.15) is 11.9 Å². The second-order valence-electron chi connectivity index (χ2n) is 7.07. The van der Waals surface area contributed by atoms with E-state index in [2.05, 4.69) is 10.3 Å². The van der Waals surface area contributed by atoms with Crippen molar-refractivity contribution in [3.63, 3.8) is 0 Å². The lowest BCUT2D eigenvalue weighted by Crippen LogP contribution is -2.42. The first-order valence-corrected chi connectivity index (χ1v) is 8.31. The Labute approximate surface area is 151 Å². The second-order valence-corrected chi connectivity index (χ2v) is 7.07. The number of hydrogen-bond acceptors (Lipinski definition) is 4. The molecule has 2 rings (SSSR count). The van der Waals surface area contributed by atoms with Gasteiger partial charge in [0, 0.05) is 24.5 Å². The third-order valence-corrected chi connectivity index (χ3v) is 3.76. The van der Waals surface area contributed by atoms with Gasteiger partial charge in [0.2, 0.25) is 0 Å². The fourth-order valence-corrected chi connectivity index (χ4v) is 2.44. The minimum absolute atomic E-state index is 0.142. The fourth-order valence-electron chi connectivity index (χ4n) is 2.44. The number of amides is 1. The molecule has 2 N–H and O–H groups in total. The lowest BCUT2D eigenvalue weighted by molar-refractivity contribution is -0.140. The smallest absolute Gasteiger partial charge is 0.326 e. The summed E-state index contributed by atoms with van der Waals surface area (Å²) in [5, 5.41) is 12.4. The number of ether oxygens (including phenoxy) is 1. The molecule has 0 radical (unpaired) electrons. The summed E-state index contributed by atoms with van der Waals surface area (Å²) in [5.74, 6) is -2.08. The highest BCUT2D eigenvalue weighted by Crippen LogP contribution is 2.18. The highest BCUT2D eigenvalue weighted by molar-refractivity contribution is 6.00. The largest absolute Gasteiger partial charge is 0.480 e. The number of carbonyl (C=O) groups is 2. The molecule has 0 aliphatic carbocycles. The quantitative estimate of drug-likeness (QED) is 0.824. The number of rotatable bonds is 6. The van der Waals surface area contributed by atoms with E-state index in [1.165, 1.54) is 18.2 Å². The van der Waals surface area contributed by atoms with Crippen LogP contribution >= 0.6 is 0 Å². The zero-order valence-electron chi connectivity index (χ0n) is 15.3. The molecule has 0 fully saturated rings. The monoisotopic (exact) mass is 362 g/mol. The molecule has 0 spiro atoms. The number of aryl methyl sites for hydroxylation is 1. The Kier molecular flexibility index (Phi) is 5.92. The zero-order chi connectivity index (χ0) is 19.5. The van der Waals surface area contributed by atoms with Crippen LogP contribution < -0.4 is 5.32 Å². The number of aliphatic carboxylic acids is 1. The summed E-state index contributed by atoms with van der Waals surface area (Å²) < 4.78 is 18.8. The normalized spacial score (nSPS) is 12.8. The SMILES string of the molecule is Cc1nc2cc(F)ccc2cc1C(=O)NC(CCOC(C)(C)C)C(=O)O. The molecule has 0 saturated carbocycles. The van der Waals surface area contributed by atoms with Crippen LogP contribution in [-0.4, -0.2) is 40.2 Å². The Morgan fingerprint density at radius 3 is 2.62 bits per heavy atom. The Balaban J connectivity index is 2.16. The zero-order valence-corrected chi connectivity index (χ0v) is 15.3. The third-order valence-electron chi connectivity index (χ3n) is 3.76. The van der Waals surface area contributed by atoms with Crippen molar-refractivity contribution in [3.05, 3.63) is 41.3 Å². The maximum absolute atomic E-state index is 13.3. The van der Waals surface area contributed by atoms with Gasteiger partial charge in [-0.05, 0) is 45.9 Å². The van der Waals surface area contributed by atoms with E-state index in [1.54, 1.807) is 13.0 Å². The average Bonchev–Trinajstić information content (AvgIpc) is 2.51. The second kappa shape index (κ2) is 7.78. The van der Waals surface area contributed by atoms with Gasteiger partial charge in [-0.2, -0.15) is 0 Å². The Morgan fingerprint density at radius 1 is 1.31 bits per heavy atom. The number of benzene rings is 1. The summed E-state index contributed by atoms with van der Waals surface area (Å²) in [6.45, 7) is 7.43. The van der Waals surface area contributed by atoms with E-state index < -0.39 is 23.7 Å². The van der Waals surface area contributed by atoms with Crippen LogP contribution in [0, 0.1) is 12.7 Å². The van der Waals surface area contributed by atoms with Crippen molar-refractivity contribution in [1.82, 2.24) is 10.3 Å². The molecule has 1 amide bonds. The minimum atomic E-state index is -1.13. The van der Waals surface area contributed by atoms with Crippen molar-refractivity contribution in [2.24, 2.45) is 0 Å². The standard InChI is InChI=1S/C19H23FN2O4/c1-11-14(9-12-5-6-13(20)10-16(12)21-11)17(23)22-15(18(24)25)7-8-26-19(2,3)4/h5-6,9-10,15H,7-8H2,1-4H3,(H,22,23)(H,24,25). The van der Waals surface area contributed by atoms with Crippen LogP contribution in [0.4, 0.5) is 4.39 Å². The Hall–Kier alpha value is -2.54. The third kappa shape index (κ3) is 5.23. The highest BCUT2D eigenvalue weighted by atomic mass is 19.1. The van der Waals surface area contributed by atoms with Crippen molar-refractivity contribution in [2.75, 3.05) is 6.61 Å². The molecule has 2 aromatic rings. The van der Waals surface area contributed by atoms with E-state index >= 15 is 0 Å². The maximum atomic E-state index is 13.3. The molecule has 1 heterocycles. The lowest BCUT2D eigenvalue weighted by Gasteiger charge is -2.21. The van der Waals surface area contributed by atoms with Gasteiger partial charge in [-0.1, -0.05) is 0 Å². The van der Waals surface area contributed by atoms with Crippen LogP contribution in [0.15, 0.2) is 24.3 Å². The first kappa shape index (κ1) is 19.8. The molecule has 1 atom stereocenters. The van der Waals surface area contributed by atoms with Crippen molar-refractivity contribution in [1.29, 1.82) is 0 Å². The van der Waals surface area contributed by atoms with E-state index in [-0.39, 0.29) is 24.2 Å². The predicted octanol–water partition coefficient (Wildman–Crippen LogP) is 3.07. The summed E-state index contributed by atoms with van der Waals surface area (Å²) in [5.41, 5.74) is 0.705. The number of halogens is 1. The van der Waals surface area contributed by atoms with Crippen LogP contribution in [0.3, 0.4) is 0 Å². The number of hydrogen-bond donors (Lipinski definition) is 2. The first-order valence-electron chi connectivity index (χ1n) is 8.31. The number of aromatic nitrogens is 1. The van der Waals surface area contributed by atoms with Crippen LogP contribution in [0.25, 0.3) is 10.9 Å². The highest BCUT2D eigenvalue weighted by Gasteiger charge is 2.23. The fraction of sp³-hybridized carbons (Fsp3) is 0.421. The van der Waals surface area contributed by atoms with Gasteiger partial charge in [-0.15, -0.1) is 0 Å². The lowest BCUT2D eigenvalue weighted by atomic mass is 10.1. The van der Waals surface area contributed by atoms with Crippen molar-refractivity contribution < 1.29 is 23.8 Å². The molecule has 6 nitrogen and oxygen atoms in total. The van der Waals surface area contributed by atoms with Gasteiger partial charge >= 0.3 is 5.97 Å². The summed E-state index contributed by atoms with van der Waals surface area (Å²) in [6.07, 6.45) is 0.142. The minimum Gasteiger partial charge on any atom is -0.480 e. The van der Waals surface area contributed by atoms with Crippen LogP contribution in [-0.2, 0) is 9.53 Å². The number of carboxylic acids is 1. The van der Waals surface area contributed by atoms with E-state index in [4.69, 9.17) is 4.74 Å². The number of nitrogens with one attached hydrogen (secondary N) is 1. The maximum Gasteiger partial charge on any atom is 0.326 e. The van der Waals surface area contributed by atoms with E-state index in [1.807, 2.05) is 20.8 Å².